The summed E-state index contributed by atoms with van der Waals surface area (Å²) in [4.78, 5) is 36.2. The van der Waals surface area contributed by atoms with Crippen LogP contribution in [0.1, 0.15) is 56.6 Å². The molecule has 2 unspecified atom stereocenters. The van der Waals surface area contributed by atoms with Gasteiger partial charge in [0.25, 0.3) is 12.4 Å². The number of piperidine rings is 1. The Morgan fingerprint density at radius 2 is 1.69 bits per heavy atom. The van der Waals surface area contributed by atoms with Gasteiger partial charge in [-0.15, -0.1) is 0 Å². The standard InChI is InChI=1S/C22H30N2O5.CH2O2/c1-27-17-11-10-14(12-18(17)28-2)20-21(29-13-19(25)23-20)22(26)24-15-6-3-4-7-16(24)9-5-8-15;2-1-3/h10-12,15-16,20-21H,3-9,13H2,1-2H3,(H,23,25);1H,(H,2,3)/t15?,16?,20-,21+;/m1./s1. The number of ether oxygens (including phenoxy) is 3. The van der Waals surface area contributed by atoms with E-state index in [4.69, 9.17) is 24.1 Å². The fourth-order valence-corrected chi connectivity index (χ4v) is 5.07. The largest absolute Gasteiger partial charge is 0.493 e. The van der Waals surface area contributed by atoms with Crippen LogP contribution in [0, 0.1) is 0 Å². The third kappa shape index (κ3) is 5.15. The van der Waals surface area contributed by atoms with Crippen molar-refractivity contribution in [2.75, 3.05) is 20.8 Å². The van der Waals surface area contributed by atoms with E-state index in [9.17, 15) is 9.59 Å². The number of amides is 2. The number of benzene rings is 1. The van der Waals surface area contributed by atoms with E-state index in [1.807, 2.05) is 12.1 Å². The highest BCUT2D eigenvalue weighted by molar-refractivity contribution is 5.87. The van der Waals surface area contributed by atoms with Crippen LogP contribution in [0.25, 0.3) is 0 Å². The second-order valence-corrected chi connectivity index (χ2v) is 8.27. The maximum Gasteiger partial charge on any atom is 0.290 e. The molecule has 3 aliphatic rings. The van der Waals surface area contributed by atoms with Crippen molar-refractivity contribution in [3.05, 3.63) is 23.8 Å². The zero-order valence-corrected chi connectivity index (χ0v) is 18.6. The van der Waals surface area contributed by atoms with Crippen LogP contribution in [0.15, 0.2) is 18.2 Å². The van der Waals surface area contributed by atoms with Crippen LogP contribution in [0.2, 0.25) is 0 Å². The molecule has 2 amide bonds. The summed E-state index contributed by atoms with van der Waals surface area (Å²) in [6, 6.07) is 5.48. The number of carboxylic acid groups (broad SMARTS) is 1. The normalized spacial score (nSPS) is 27.2. The van der Waals surface area contributed by atoms with E-state index >= 15 is 0 Å². The van der Waals surface area contributed by atoms with Crippen molar-refractivity contribution < 1.29 is 33.7 Å². The minimum Gasteiger partial charge on any atom is -0.493 e. The van der Waals surface area contributed by atoms with Crippen LogP contribution in [-0.4, -0.2) is 67.3 Å². The highest BCUT2D eigenvalue weighted by Crippen LogP contribution is 2.37. The van der Waals surface area contributed by atoms with Crippen LogP contribution < -0.4 is 14.8 Å². The van der Waals surface area contributed by atoms with Gasteiger partial charge in [0.05, 0.1) is 20.3 Å². The van der Waals surface area contributed by atoms with Gasteiger partial charge < -0.3 is 29.5 Å². The molecule has 2 bridgehead atoms. The van der Waals surface area contributed by atoms with Gasteiger partial charge in [0.2, 0.25) is 5.91 Å². The Labute approximate surface area is 188 Å². The van der Waals surface area contributed by atoms with Crippen LogP contribution in [0.3, 0.4) is 0 Å². The fraction of sp³-hybridized carbons (Fsp3) is 0.609. The van der Waals surface area contributed by atoms with Crippen LogP contribution in [-0.2, 0) is 19.1 Å². The second kappa shape index (κ2) is 11.2. The molecule has 3 aliphatic heterocycles. The Bertz CT molecular complexity index is 802. The third-order valence-electron chi connectivity index (χ3n) is 6.46. The van der Waals surface area contributed by atoms with Gasteiger partial charge in [0, 0.05) is 12.1 Å². The van der Waals surface area contributed by atoms with Gasteiger partial charge in [-0.1, -0.05) is 18.9 Å². The number of carbonyl (C=O) groups is 3. The van der Waals surface area contributed by atoms with Crippen molar-refractivity contribution in [3.8, 4) is 11.5 Å². The first-order valence-electron chi connectivity index (χ1n) is 11.1. The topological polar surface area (TPSA) is 114 Å². The Morgan fingerprint density at radius 1 is 1.09 bits per heavy atom. The van der Waals surface area contributed by atoms with Crippen molar-refractivity contribution in [2.24, 2.45) is 0 Å². The zero-order chi connectivity index (χ0) is 23.1. The summed E-state index contributed by atoms with van der Waals surface area (Å²) in [6.07, 6.45) is 7.03. The van der Waals surface area contributed by atoms with Gasteiger partial charge in [-0.25, -0.2) is 0 Å². The van der Waals surface area contributed by atoms with E-state index in [1.54, 1.807) is 20.3 Å². The molecule has 0 saturated carbocycles. The van der Waals surface area contributed by atoms with Crippen molar-refractivity contribution in [2.45, 2.75) is 69.2 Å². The van der Waals surface area contributed by atoms with E-state index in [2.05, 4.69) is 10.2 Å². The first-order chi connectivity index (χ1) is 15.5. The number of rotatable bonds is 4. The third-order valence-corrected chi connectivity index (χ3v) is 6.46. The SMILES string of the molecule is COc1ccc([C@H]2NC(=O)CO[C@@H]2C(=O)N2C3CCCCC2CCC3)cc1OC.O=CO. The maximum atomic E-state index is 13.7. The Balaban J connectivity index is 0.000000913. The molecule has 2 N–H and O–H groups in total. The van der Waals surface area contributed by atoms with Gasteiger partial charge in [0.1, 0.15) is 6.61 Å². The van der Waals surface area contributed by atoms with E-state index in [0.29, 0.717) is 11.5 Å². The summed E-state index contributed by atoms with van der Waals surface area (Å²) in [5.74, 6) is 0.943. The van der Waals surface area contributed by atoms with Crippen LogP contribution >= 0.6 is 0 Å². The molecule has 4 rings (SSSR count). The summed E-state index contributed by atoms with van der Waals surface area (Å²) in [5.41, 5.74) is 0.772. The minimum absolute atomic E-state index is 0.00128. The summed E-state index contributed by atoms with van der Waals surface area (Å²) in [5, 5.41) is 9.85. The minimum atomic E-state index is -0.730. The van der Waals surface area contributed by atoms with Gasteiger partial charge >= 0.3 is 0 Å². The predicted octanol–water partition coefficient (Wildman–Crippen LogP) is 2.28. The molecule has 0 aliphatic carbocycles. The first kappa shape index (κ1) is 23.8. The molecule has 1 aromatic rings. The molecule has 9 heteroatoms. The molecule has 0 radical (unpaired) electrons. The lowest BCUT2D eigenvalue weighted by Crippen LogP contribution is -2.58. The highest BCUT2D eigenvalue weighted by Gasteiger charge is 2.44. The lowest BCUT2D eigenvalue weighted by molar-refractivity contribution is -0.160. The van der Waals surface area contributed by atoms with Gasteiger partial charge in [-0.3, -0.25) is 14.4 Å². The lowest BCUT2D eigenvalue weighted by atomic mass is 9.91. The molecular weight excluding hydrogens is 416 g/mol. The fourth-order valence-electron chi connectivity index (χ4n) is 5.07. The smallest absolute Gasteiger partial charge is 0.290 e. The molecule has 1 aromatic carbocycles. The van der Waals surface area contributed by atoms with Gasteiger partial charge in [-0.05, 0) is 49.8 Å². The zero-order valence-electron chi connectivity index (χ0n) is 18.6. The molecule has 32 heavy (non-hydrogen) atoms. The van der Waals surface area contributed by atoms with Gasteiger partial charge in [0.15, 0.2) is 17.6 Å². The molecule has 176 valence electrons. The second-order valence-electron chi connectivity index (χ2n) is 8.27. The van der Waals surface area contributed by atoms with E-state index in [-0.39, 0.29) is 37.0 Å². The number of carbonyl (C=O) groups excluding carboxylic acids is 2. The maximum absolute atomic E-state index is 13.7. The molecule has 0 aromatic heterocycles. The lowest BCUT2D eigenvalue weighted by Gasteiger charge is -2.44. The predicted molar refractivity (Wildman–Crippen MR) is 116 cm³/mol. The highest BCUT2D eigenvalue weighted by atomic mass is 16.5. The summed E-state index contributed by atoms with van der Waals surface area (Å²) < 4.78 is 16.6. The Morgan fingerprint density at radius 3 is 2.28 bits per heavy atom. The number of nitrogens with zero attached hydrogens (tertiary/aromatic N) is 1. The molecule has 3 fully saturated rings. The average Bonchev–Trinajstić information content (AvgIpc) is 2.93. The van der Waals surface area contributed by atoms with E-state index in [0.717, 1.165) is 31.2 Å². The van der Waals surface area contributed by atoms with Crippen molar-refractivity contribution in [3.63, 3.8) is 0 Å². The van der Waals surface area contributed by atoms with E-state index < -0.39 is 12.1 Å². The number of hydrogen-bond acceptors (Lipinski definition) is 6. The average molecular weight is 449 g/mol. The van der Waals surface area contributed by atoms with Gasteiger partial charge in [-0.2, -0.15) is 0 Å². The molecule has 9 nitrogen and oxygen atoms in total. The number of nitrogens with one attached hydrogen (secondary N) is 1. The number of methoxy groups -OCH3 is 2. The van der Waals surface area contributed by atoms with Crippen LogP contribution in [0.5, 0.6) is 11.5 Å². The molecular formula is C23H32N2O7. The van der Waals surface area contributed by atoms with Crippen LogP contribution in [0.4, 0.5) is 0 Å². The summed E-state index contributed by atoms with van der Waals surface area (Å²) in [7, 11) is 3.14. The molecule has 0 spiro atoms. The summed E-state index contributed by atoms with van der Waals surface area (Å²) >= 11 is 0. The van der Waals surface area contributed by atoms with Crippen molar-refractivity contribution in [1.29, 1.82) is 0 Å². The van der Waals surface area contributed by atoms with Crippen molar-refractivity contribution >= 4 is 18.3 Å². The molecule has 3 heterocycles. The number of hydrogen-bond donors (Lipinski definition) is 2. The number of fused-ring (bicyclic) bond motifs is 2. The first-order valence-corrected chi connectivity index (χ1v) is 11.1. The number of morpholine rings is 1. The Hall–Kier alpha value is -2.81. The Kier molecular flexibility index (Phi) is 8.33. The summed E-state index contributed by atoms with van der Waals surface area (Å²) in [6.45, 7) is -0.344. The van der Waals surface area contributed by atoms with E-state index in [1.165, 1.54) is 19.3 Å². The molecule has 4 atom stereocenters. The quantitative estimate of drug-likeness (QED) is 0.679. The monoisotopic (exact) mass is 448 g/mol. The molecule has 3 saturated heterocycles. The van der Waals surface area contributed by atoms with Crippen molar-refractivity contribution in [1.82, 2.24) is 10.2 Å².